The zero-order valence-electron chi connectivity index (χ0n) is 15.0. The highest BCUT2D eigenvalue weighted by Crippen LogP contribution is 2.34. The largest absolute Gasteiger partial charge is 0.492 e. The van der Waals surface area contributed by atoms with Gasteiger partial charge in [-0.3, -0.25) is 0 Å². The number of benzene rings is 1. The molecule has 2 aliphatic rings. The molecule has 0 aromatic heterocycles. The first-order valence-corrected chi connectivity index (χ1v) is 9.05. The summed E-state index contributed by atoms with van der Waals surface area (Å²) < 4.78 is 11.7. The highest BCUT2D eigenvalue weighted by molar-refractivity contribution is 5.80. The number of guanidine groups is 1. The number of nitrogens with zero attached hydrogens (tertiary/aromatic N) is 1. The van der Waals surface area contributed by atoms with E-state index >= 15 is 0 Å². The quantitative estimate of drug-likeness (QED) is 0.478. The fourth-order valence-electron chi connectivity index (χ4n) is 3.62. The first kappa shape index (κ1) is 17.1. The molecule has 3 unspecified atom stereocenters. The minimum atomic E-state index is 0.352. The lowest BCUT2D eigenvalue weighted by atomic mass is 9.96. The summed E-state index contributed by atoms with van der Waals surface area (Å²) in [5, 5.41) is 6.84. The van der Waals surface area contributed by atoms with Gasteiger partial charge in [0.2, 0.25) is 0 Å². The predicted octanol–water partition coefficient (Wildman–Crippen LogP) is 2.56. The standard InChI is InChI=1S/C19H29N3O2/c1-4-20-19(22-17-12-15-5-6-18(17)24-15)21-7-8-23-16-10-13(2)9-14(3)11-16/h9-11,15,17-18H,4-8,12H2,1-3H3,(H2,20,21,22). The molecular weight excluding hydrogens is 302 g/mol. The van der Waals surface area contributed by atoms with Crippen molar-refractivity contribution >= 4 is 5.96 Å². The fraction of sp³-hybridized carbons (Fsp3) is 0.632. The van der Waals surface area contributed by atoms with Crippen LogP contribution in [0.15, 0.2) is 23.2 Å². The lowest BCUT2D eigenvalue weighted by Crippen LogP contribution is -2.47. The van der Waals surface area contributed by atoms with E-state index in [0.29, 0.717) is 31.4 Å². The Hall–Kier alpha value is -1.75. The molecule has 0 aliphatic carbocycles. The molecule has 0 saturated carbocycles. The Kier molecular flexibility index (Phi) is 5.61. The summed E-state index contributed by atoms with van der Waals surface area (Å²) in [6.07, 6.45) is 4.26. The van der Waals surface area contributed by atoms with Crippen molar-refractivity contribution in [2.45, 2.75) is 58.3 Å². The summed E-state index contributed by atoms with van der Waals surface area (Å²) in [6.45, 7) is 8.31. The van der Waals surface area contributed by atoms with E-state index in [9.17, 15) is 0 Å². The van der Waals surface area contributed by atoms with Crippen LogP contribution in [-0.2, 0) is 4.74 Å². The van der Waals surface area contributed by atoms with Gasteiger partial charge in [0.15, 0.2) is 5.96 Å². The Balaban J connectivity index is 1.48. The van der Waals surface area contributed by atoms with E-state index in [1.54, 1.807) is 0 Å². The third-order valence-electron chi connectivity index (χ3n) is 4.60. The summed E-state index contributed by atoms with van der Waals surface area (Å²) in [6, 6.07) is 6.66. The van der Waals surface area contributed by atoms with Crippen molar-refractivity contribution in [3.8, 4) is 5.75 Å². The van der Waals surface area contributed by atoms with Crippen LogP contribution in [0.1, 0.15) is 37.3 Å². The maximum absolute atomic E-state index is 5.90. The van der Waals surface area contributed by atoms with Crippen LogP contribution in [0.5, 0.6) is 5.75 Å². The molecule has 2 saturated heterocycles. The molecule has 2 heterocycles. The summed E-state index contributed by atoms with van der Waals surface area (Å²) in [7, 11) is 0. The van der Waals surface area contributed by atoms with Gasteiger partial charge in [-0.1, -0.05) is 6.07 Å². The lowest BCUT2D eigenvalue weighted by Gasteiger charge is -2.22. The van der Waals surface area contributed by atoms with E-state index in [1.807, 2.05) is 0 Å². The number of nitrogens with one attached hydrogen (secondary N) is 2. The topological polar surface area (TPSA) is 54.9 Å². The van der Waals surface area contributed by atoms with Crippen LogP contribution in [0.3, 0.4) is 0 Å². The second kappa shape index (κ2) is 7.88. The maximum Gasteiger partial charge on any atom is 0.191 e. The van der Waals surface area contributed by atoms with Crippen LogP contribution in [0.2, 0.25) is 0 Å². The van der Waals surface area contributed by atoms with Crippen molar-refractivity contribution in [1.82, 2.24) is 10.6 Å². The number of aryl methyl sites for hydroxylation is 2. The van der Waals surface area contributed by atoms with E-state index in [2.05, 4.69) is 54.6 Å². The summed E-state index contributed by atoms with van der Waals surface area (Å²) in [5.74, 6) is 1.78. The Bertz CT molecular complexity index is 568. The summed E-state index contributed by atoms with van der Waals surface area (Å²) in [5.41, 5.74) is 2.44. The van der Waals surface area contributed by atoms with Gasteiger partial charge in [-0.2, -0.15) is 0 Å². The summed E-state index contributed by atoms with van der Waals surface area (Å²) >= 11 is 0. The summed E-state index contributed by atoms with van der Waals surface area (Å²) in [4.78, 5) is 4.63. The van der Waals surface area contributed by atoms with Gasteiger partial charge in [-0.25, -0.2) is 4.99 Å². The van der Waals surface area contributed by atoms with Crippen molar-refractivity contribution < 1.29 is 9.47 Å². The molecule has 1 aromatic carbocycles. The smallest absolute Gasteiger partial charge is 0.191 e. The predicted molar refractivity (Wildman–Crippen MR) is 96.8 cm³/mol. The second-order valence-electron chi connectivity index (χ2n) is 6.79. The minimum absolute atomic E-state index is 0.352. The molecule has 5 nitrogen and oxygen atoms in total. The zero-order chi connectivity index (χ0) is 16.9. The SMILES string of the molecule is CCNC(=NCCOc1cc(C)cc(C)c1)NC1CC2CCC1O2. The number of hydrogen-bond acceptors (Lipinski definition) is 3. The van der Waals surface area contributed by atoms with Crippen LogP contribution in [0.4, 0.5) is 0 Å². The van der Waals surface area contributed by atoms with E-state index < -0.39 is 0 Å². The first-order valence-electron chi connectivity index (χ1n) is 9.05. The molecule has 0 amide bonds. The number of aliphatic imine (C=N–C) groups is 1. The maximum atomic E-state index is 5.90. The molecule has 2 aliphatic heterocycles. The molecule has 1 aromatic rings. The van der Waals surface area contributed by atoms with E-state index in [0.717, 1.165) is 31.1 Å². The molecule has 0 radical (unpaired) electrons. The Labute approximate surface area is 144 Å². The molecule has 2 N–H and O–H groups in total. The molecule has 24 heavy (non-hydrogen) atoms. The number of rotatable bonds is 6. The van der Waals surface area contributed by atoms with Gasteiger partial charge in [-0.15, -0.1) is 0 Å². The number of fused-ring (bicyclic) bond motifs is 2. The van der Waals surface area contributed by atoms with E-state index in [1.165, 1.54) is 17.5 Å². The van der Waals surface area contributed by atoms with Gasteiger partial charge < -0.3 is 20.1 Å². The van der Waals surface area contributed by atoms with Crippen molar-refractivity contribution in [1.29, 1.82) is 0 Å². The van der Waals surface area contributed by atoms with Crippen LogP contribution < -0.4 is 15.4 Å². The van der Waals surface area contributed by atoms with Crippen LogP contribution in [0.25, 0.3) is 0 Å². The molecule has 2 fully saturated rings. The zero-order valence-corrected chi connectivity index (χ0v) is 15.0. The van der Waals surface area contributed by atoms with E-state index in [4.69, 9.17) is 9.47 Å². The van der Waals surface area contributed by atoms with E-state index in [-0.39, 0.29) is 0 Å². The number of ether oxygens (including phenoxy) is 2. The van der Waals surface area contributed by atoms with Gasteiger partial charge in [0, 0.05) is 6.54 Å². The van der Waals surface area contributed by atoms with Gasteiger partial charge >= 0.3 is 0 Å². The minimum Gasteiger partial charge on any atom is -0.492 e. The number of hydrogen-bond donors (Lipinski definition) is 2. The third-order valence-corrected chi connectivity index (χ3v) is 4.60. The van der Waals surface area contributed by atoms with Crippen molar-refractivity contribution in [3.63, 3.8) is 0 Å². The van der Waals surface area contributed by atoms with Gasteiger partial charge in [-0.05, 0) is 63.3 Å². The molecule has 3 atom stereocenters. The molecule has 0 spiro atoms. The first-order chi connectivity index (χ1) is 11.6. The Morgan fingerprint density at radius 3 is 2.67 bits per heavy atom. The van der Waals surface area contributed by atoms with Crippen LogP contribution >= 0.6 is 0 Å². The van der Waals surface area contributed by atoms with Crippen molar-refractivity contribution in [2.24, 2.45) is 4.99 Å². The average Bonchev–Trinajstić information content (AvgIpc) is 3.13. The highest BCUT2D eigenvalue weighted by atomic mass is 16.5. The van der Waals surface area contributed by atoms with Crippen molar-refractivity contribution in [3.05, 3.63) is 29.3 Å². The van der Waals surface area contributed by atoms with Gasteiger partial charge in [0.25, 0.3) is 0 Å². The van der Waals surface area contributed by atoms with Crippen molar-refractivity contribution in [2.75, 3.05) is 19.7 Å². The highest BCUT2D eigenvalue weighted by Gasteiger charge is 2.41. The molecule has 2 bridgehead atoms. The Morgan fingerprint density at radius 2 is 2.04 bits per heavy atom. The molecule has 132 valence electrons. The molecule has 5 heteroatoms. The second-order valence-corrected chi connectivity index (χ2v) is 6.79. The lowest BCUT2D eigenvalue weighted by molar-refractivity contribution is 0.0992. The Morgan fingerprint density at radius 1 is 1.25 bits per heavy atom. The van der Waals surface area contributed by atoms with Crippen LogP contribution in [0, 0.1) is 13.8 Å². The normalized spacial score (nSPS) is 25.8. The third kappa shape index (κ3) is 4.41. The molecule has 3 rings (SSSR count). The fourth-order valence-corrected chi connectivity index (χ4v) is 3.62. The van der Waals surface area contributed by atoms with Gasteiger partial charge in [0.1, 0.15) is 12.4 Å². The van der Waals surface area contributed by atoms with Gasteiger partial charge in [0.05, 0.1) is 24.8 Å². The average molecular weight is 331 g/mol. The monoisotopic (exact) mass is 331 g/mol. The molecular formula is C19H29N3O2. The van der Waals surface area contributed by atoms with Crippen LogP contribution in [-0.4, -0.2) is 43.9 Å².